The molecule has 0 unspecified atom stereocenters. The van der Waals surface area contributed by atoms with Crippen molar-refractivity contribution in [2.75, 3.05) is 5.73 Å². The summed E-state index contributed by atoms with van der Waals surface area (Å²) in [6, 6.07) is 13.7. The second-order valence-electron chi connectivity index (χ2n) is 4.34. The van der Waals surface area contributed by atoms with Crippen LogP contribution in [-0.2, 0) is 0 Å². The Kier molecular flexibility index (Phi) is 2.80. The molecule has 1 aliphatic rings. The molecule has 2 aromatic rings. The summed E-state index contributed by atoms with van der Waals surface area (Å²) in [4.78, 5) is 24.1. The monoisotopic (exact) mass is 265 g/mol. The van der Waals surface area contributed by atoms with Gasteiger partial charge in [-0.25, -0.2) is 0 Å². The molecule has 0 aromatic heterocycles. The smallest absolute Gasteiger partial charge is 0.282 e. The second-order valence-corrected chi connectivity index (χ2v) is 4.34. The van der Waals surface area contributed by atoms with Gasteiger partial charge < -0.3 is 5.73 Å². The van der Waals surface area contributed by atoms with Crippen LogP contribution in [0.5, 0.6) is 0 Å². The summed E-state index contributed by atoms with van der Waals surface area (Å²) >= 11 is 0. The molecule has 98 valence electrons. The summed E-state index contributed by atoms with van der Waals surface area (Å²) in [7, 11) is 0. The first-order valence-corrected chi connectivity index (χ1v) is 6.05. The maximum atomic E-state index is 12.1. The summed E-state index contributed by atoms with van der Waals surface area (Å²) < 4.78 is 0. The highest BCUT2D eigenvalue weighted by atomic mass is 16.2. The van der Waals surface area contributed by atoms with E-state index >= 15 is 0 Å². The van der Waals surface area contributed by atoms with Crippen molar-refractivity contribution >= 4 is 23.7 Å². The standard InChI is InChI=1S/C15H11N3O2/c16-13-8-4-1-5-10(13)9-17-18-14(19)11-6-2-3-7-12(11)15(18)20/h1-9H,16H2/b17-9+. The largest absolute Gasteiger partial charge is 0.398 e. The normalized spacial score (nSPS) is 14.1. The lowest BCUT2D eigenvalue weighted by molar-refractivity contribution is 0.0660. The Labute approximate surface area is 115 Å². The van der Waals surface area contributed by atoms with E-state index in [1.165, 1.54) is 6.21 Å². The summed E-state index contributed by atoms with van der Waals surface area (Å²) in [5, 5.41) is 4.82. The number of fused-ring (bicyclic) bond motifs is 1. The van der Waals surface area contributed by atoms with E-state index in [4.69, 9.17) is 5.73 Å². The van der Waals surface area contributed by atoms with E-state index in [-0.39, 0.29) is 0 Å². The Morgan fingerprint density at radius 3 is 2.05 bits per heavy atom. The zero-order valence-corrected chi connectivity index (χ0v) is 10.5. The minimum absolute atomic E-state index is 0.371. The number of amides is 2. The van der Waals surface area contributed by atoms with Crippen LogP contribution in [0.1, 0.15) is 26.3 Å². The van der Waals surface area contributed by atoms with Gasteiger partial charge in [0.1, 0.15) is 0 Å². The fourth-order valence-electron chi connectivity index (χ4n) is 2.03. The average Bonchev–Trinajstić information content (AvgIpc) is 2.71. The molecule has 2 aromatic carbocycles. The first kappa shape index (κ1) is 12.1. The van der Waals surface area contributed by atoms with Gasteiger partial charge in [-0.2, -0.15) is 10.1 Å². The molecule has 0 radical (unpaired) electrons. The van der Waals surface area contributed by atoms with Gasteiger partial charge in [-0.3, -0.25) is 9.59 Å². The van der Waals surface area contributed by atoms with Gasteiger partial charge in [-0.15, -0.1) is 0 Å². The molecule has 0 fully saturated rings. The fraction of sp³-hybridized carbons (Fsp3) is 0. The molecule has 1 aliphatic heterocycles. The summed E-state index contributed by atoms with van der Waals surface area (Å²) in [5.41, 5.74) is 7.71. The maximum Gasteiger partial charge on any atom is 0.282 e. The zero-order chi connectivity index (χ0) is 14.1. The number of rotatable bonds is 2. The molecule has 0 aliphatic carbocycles. The van der Waals surface area contributed by atoms with Gasteiger partial charge in [0.2, 0.25) is 0 Å². The van der Waals surface area contributed by atoms with Gasteiger partial charge in [-0.05, 0) is 18.2 Å². The molecule has 20 heavy (non-hydrogen) atoms. The highest BCUT2D eigenvalue weighted by Crippen LogP contribution is 2.22. The molecular weight excluding hydrogens is 254 g/mol. The topological polar surface area (TPSA) is 75.8 Å². The van der Waals surface area contributed by atoms with E-state index in [1.54, 1.807) is 48.5 Å². The van der Waals surface area contributed by atoms with Gasteiger partial charge in [0.05, 0.1) is 17.3 Å². The number of para-hydroxylation sites is 1. The quantitative estimate of drug-likeness (QED) is 0.512. The van der Waals surface area contributed by atoms with Crippen molar-refractivity contribution in [1.29, 1.82) is 0 Å². The third-order valence-corrected chi connectivity index (χ3v) is 3.08. The highest BCUT2D eigenvalue weighted by Gasteiger charge is 2.35. The molecule has 0 spiro atoms. The van der Waals surface area contributed by atoms with E-state index in [9.17, 15) is 9.59 Å². The van der Waals surface area contributed by atoms with Crippen LogP contribution in [0.25, 0.3) is 0 Å². The van der Waals surface area contributed by atoms with Crippen molar-refractivity contribution < 1.29 is 9.59 Å². The Bertz CT molecular complexity index is 702. The zero-order valence-electron chi connectivity index (χ0n) is 10.5. The van der Waals surface area contributed by atoms with Crippen LogP contribution in [0.3, 0.4) is 0 Å². The third-order valence-electron chi connectivity index (χ3n) is 3.08. The second kappa shape index (κ2) is 4.62. The van der Waals surface area contributed by atoms with Crippen LogP contribution in [-0.4, -0.2) is 23.0 Å². The molecule has 5 heteroatoms. The van der Waals surface area contributed by atoms with Gasteiger partial charge in [0.15, 0.2) is 0 Å². The lowest BCUT2D eigenvalue weighted by Gasteiger charge is -2.06. The molecule has 2 amide bonds. The first-order valence-electron chi connectivity index (χ1n) is 6.05. The lowest BCUT2D eigenvalue weighted by atomic mass is 10.1. The predicted octanol–water partition coefficient (Wildman–Crippen LogP) is 1.90. The number of imide groups is 1. The summed E-state index contributed by atoms with van der Waals surface area (Å²) in [5.74, 6) is -0.840. The number of nitrogen functional groups attached to an aromatic ring is 1. The highest BCUT2D eigenvalue weighted by molar-refractivity contribution is 6.21. The van der Waals surface area contributed by atoms with E-state index in [2.05, 4.69) is 5.10 Å². The fourth-order valence-corrected chi connectivity index (χ4v) is 2.03. The number of nitrogens with two attached hydrogens (primary N) is 1. The van der Waals surface area contributed by atoms with E-state index < -0.39 is 11.8 Å². The number of hydrogen-bond acceptors (Lipinski definition) is 4. The Balaban J connectivity index is 1.93. The molecule has 3 rings (SSSR count). The first-order chi connectivity index (χ1) is 9.68. The number of carbonyl (C=O) groups excluding carboxylic acids is 2. The lowest BCUT2D eigenvalue weighted by Crippen LogP contribution is -2.24. The molecule has 5 nitrogen and oxygen atoms in total. The SMILES string of the molecule is Nc1ccccc1/C=N/N1C(=O)c2ccccc2C1=O. The molecule has 1 heterocycles. The molecule has 0 saturated carbocycles. The van der Waals surface area contributed by atoms with Crippen molar-refractivity contribution in [2.45, 2.75) is 0 Å². The van der Waals surface area contributed by atoms with Gasteiger partial charge >= 0.3 is 0 Å². The predicted molar refractivity (Wildman–Crippen MR) is 75.4 cm³/mol. The molecule has 0 atom stereocenters. The number of nitrogens with zero attached hydrogens (tertiary/aromatic N) is 2. The van der Waals surface area contributed by atoms with Gasteiger partial charge in [0.25, 0.3) is 11.8 Å². The number of carbonyl (C=O) groups is 2. The van der Waals surface area contributed by atoms with Crippen molar-refractivity contribution in [3.8, 4) is 0 Å². The summed E-state index contributed by atoms with van der Waals surface area (Å²) in [6.07, 6.45) is 1.41. The average molecular weight is 265 g/mol. The third kappa shape index (κ3) is 1.85. The van der Waals surface area contributed by atoms with Crippen molar-refractivity contribution in [3.05, 3.63) is 65.2 Å². The Morgan fingerprint density at radius 1 is 0.900 bits per heavy atom. The van der Waals surface area contributed by atoms with E-state index in [0.29, 0.717) is 22.4 Å². The van der Waals surface area contributed by atoms with Crippen molar-refractivity contribution in [3.63, 3.8) is 0 Å². The van der Waals surface area contributed by atoms with Gasteiger partial charge in [0, 0.05) is 11.3 Å². The van der Waals surface area contributed by atoms with Crippen LogP contribution in [0, 0.1) is 0 Å². The molecule has 0 bridgehead atoms. The van der Waals surface area contributed by atoms with Gasteiger partial charge in [-0.1, -0.05) is 30.3 Å². The molecular formula is C15H11N3O2. The maximum absolute atomic E-state index is 12.1. The van der Waals surface area contributed by atoms with Crippen LogP contribution in [0.2, 0.25) is 0 Å². The molecule has 2 N–H and O–H groups in total. The van der Waals surface area contributed by atoms with Crippen LogP contribution < -0.4 is 5.73 Å². The minimum atomic E-state index is -0.420. The minimum Gasteiger partial charge on any atom is -0.398 e. The van der Waals surface area contributed by atoms with E-state index in [0.717, 1.165) is 5.01 Å². The van der Waals surface area contributed by atoms with E-state index in [1.807, 2.05) is 0 Å². The van der Waals surface area contributed by atoms with Crippen LogP contribution in [0.4, 0.5) is 5.69 Å². The number of hydrazone groups is 1. The number of hydrogen-bond donors (Lipinski definition) is 1. The number of anilines is 1. The van der Waals surface area contributed by atoms with Crippen LogP contribution in [0.15, 0.2) is 53.6 Å². The van der Waals surface area contributed by atoms with Crippen molar-refractivity contribution in [1.82, 2.24) is 5.01 Å². The summed E-state index contributed by atoms with van der Waals surface area (Å²) in [6.45, 7) is 0. The Hall–Kier alpha value is -2.95. The van der Waals surface area contributed by atoms with Crippen molar-refractivity contribution in [2.24, 2.45) is 5.10 Å². The molecule has 0 saturated heterocycles. The number of benzene rings is 2. The Morgan fingerprint density at radius 2 is 1.45 bits per heavy atom. The van der Waals surface area contributed by atoms with Crippen LogP contribution >= 0.6 is 0 Å².